The van der Waals surface area contributed by atoms with Gasteiger partial charge in [0.15, 0.2) is 0 Å². The van der Waals surface area contributed by atoms with E-state index in [4.69, 9.17) is 0 Å². The first-order valence-corrected chi connectivity index (χ1v) is 7.49. The molecule has 7 nitrogen and oxygen atoms in total. The predicted molar refractivity (Wildman–Crippen MR) is 93.0 cm³/mol. The van der Waals surface area contributed by atoms with Crippen molar-refractivity contribution < 1.29 is 9.72 Å². The van der Waals surface area contributed by atoms with Crippen LogP contribution in [0.25, 0.3) is 0 Å². The smallest absolute Gasteiger partial charge is 0.270 e. The van der Waals surface area contributed by atoms with Crippen LogP contribution in [0.5, 0.6) is 0 Å². The number of nitro benzene ring substituents is 1. The number of nitro groups is 1. The van der Waals surface area contributed by atoms with Crippen LogP contribution in [0.3, 0.4) is 0 Å². The zero-order chi connectivity index (χ0) is 17.4. The van der Waals surface area contributed by atoms with Crippen LogP contribution in [0, 0.1) is 10.1 Å². The lowest BCUT2D eigenvalue weighted by Crippen LogP contribution is -2.36. The minimum atomic E-state index is -0.479. The molecule has 0 saturated heterocycles. The first-order valence-electron chi connectivity index (χ1n) is 7.49. The van der Waals surface area contributed by atoms with Crippen LogP contribution < -0.4 is 10.7 Å². The highest BCUT2D eigenvalue weighted by atomic mass is 16.6. The SMILES string of the molecule is CCC(Nc1ccccc1)C(=O)N/N=C/c1cccc([N+](=O)[O-])c1. The highest BCUT2D eigenvalue weighted by molar-refractivity contribution is 5.86. The van der Waals surface area contributed by atoms with Crippen LogP contribution in [-0.2, 0) is 4.79 Å². The molecule has 2 aromatic rings. The summed E-state index contributed by atoms with van der Waals surface area (Å²) < 4.78 is 0. The number of hydrogen-bond acceptors (Lipinski definition) is 5. The molecule has 0 saturated carbocycles. The number of benzene rings is 2. The van der Waals surface area contributed by atoms with Crippen molar-refractivity contribution in [3.8, 4) is 0 Å². The number of carbonyl (C=O) groups excluding carboxylic acids is 1. The van der Waals surface area contributed by atoms with Crippen molar-refractivity contribution in [1.82, 2.24) is 5.43 Å². The number of carbonyl (C=O) groups is 1. The van der Waals surface area contributed by atoms with Crippen molar-refractivity contribution in [2.75, 3.05) is 5.32 Å². The van der Waals surface area contributed by atoms with E-state index in [0.29, 0.717) is 12.0 Å². The van der Waals surface area contributed by atoms with Crippen LogP contribution in [0.2, 0.25) is 0 Å². The zero-order valence-corrected chi connectivity index (χ0v) is 13.2. The van der Waals surface area contributed by atoms with Gasteiger partial charge in [0, 0.05) is 23.4 Å². The molecule has 1 unspecified atom stereocenters. The monoisotopic (exact) mass is 326 g/mol. The number of nitrogens with zero attached hydrogens (tertiary/aromatic N) is 2. The Labute approximate surface area is 139 Å². The Balaban J connectivity index is 1.95. The fraction of sp³-hybridized carbons (Fsp3) is 0.176. The molecule has 2 rings (SSSR count). The average molecular weight is 326 g/mol. The molecule has 7 heteroatoms. The van der Waals surface area contributed by atoms with Crippen molar-refractivity contribution in [3.05, 3.63) is 70.3 Å². The van der Waals surface area contributed by atoms with Gasteiger partial charge in [-0.05, 0) is 18.6 Å². The molecule has 2 N–H and O–H groups in total. The van der Waals surface area contributed by atoms with E-state index in [9.17, 15) is 14.9 Å². The second-order valence-corrected chi connectivity index (χ2v) is 5.06. The maximum absolute atomic E-state index is 12.1. The van der Waals surface area contributed by atoms with Crippen LogP contribution in [-0.4, -0.2) is 23.1 Å². The quantitative estimate of drug-likeness (QED) is 0.464. The minimum Gasteiger partial charge on any atom is -0.374 e. The maximum Gasteiger partial charge on any atom is 0.270 e. The number of nitrogens with one attached hydrogen (secondary N) is 2. The molecule has 0 aliphatic carbocycles. The normalized spacial score (nSPS) is 11.9. The second-order valence-electron chi connectivity index (χ2n) is 5.06. The third kappa shape index (κ3) is 4.91. The van der Waals surface area contributed by atoms with Gasteiger partial charge in [0.05, 0.1) is 11.1 Å². The average Bonchev–Trinajstić information content (AvgIpc) is 2.60. The summed E-state index contributed by atoms with van der Waals surface area (Å²) in [6.07, 6.45) is 1.97. The van der Waals surface area contributed by atoms with Gasteiger partial charge in [-0.2, -0.15) is 5.10 Å². The summed E-state index contributed by atoms with van der Waals surface area (Å²) in [6, 6.07) is 15.0. The summed E-state index contributed by atoms with van der Waals surface area (Å²) in [5.41, 5.74) is 3.81. The lowest BCUT2D eigenvalue weighted by molar-refractivity contribution is -0.384. The van der Waals surface area contributed by atoms with Crippen molar-refractivity contribution in [1.29, 1.82) is 0 Å². The Hall–Kier alpha value is -3.22. The topological polar surface area (TPSA) is 96.6 Å². The van der Waals surface area contributed by atoms with Gasteiger partial charge in [0.25, 0.3) is 11.6 Å². The standard InChI is InChI=1S/C17H18N4O3/c1-2-16(19-14-8-4-3-5-9-14)17(22)20-18-12-13-7-6-10-15(11-13)21(23)24/h3-12,16,19H,2H2,1H3,(H,20,22)/b18-12+. The second kappa shape index (κ2) is 8.42. The Bertz CT molecular complexity index is 732. The highest BCUT2D eigenvalue weighted by Gasteiger charge is 2.15. The molecule has 0 aliphatic rings. The fourth-order valence-corrected chi connectivity index (χ4v) is 2.06. The summed E-state index contributed by atoms with van der Waals surface area (Å²) in [5, 5.41) is 17.7. The molecule has 0 fully saturated rings. The number of rotatable bonds is 7. The molecule has 0 radical (unpaired) electrons. The number of anilines is 1. The van der Waals surface area contributed by atoms with Gasteiger partial charge in [0.2, 0.25) is 0 Å². The first-order chi connectivity index (χ1) is 11.6. The maximum atomic E-state index is 12.1. The van der Waals surface area contributed by atoms with E-state index in [1.165, 1.54) is 18.3 Å². The summed E-state index contributed by atoms with van der Waals surface area (Å²) >= 11 is 0. The van der Waals surface area contributed by atoms with Gasteiger partial charge in [-0.15, -0.1) is 0 Å². The molecule has 0 aliphatic heterocycles. The Morgan fingerprint density at radius 3 is 2.67 bits per heavy atom. The summed E-state index contributed by atoms with van der Waals surface area (Å²) in [6.45, 7) is 1.89. The number of amides is 1. The molecule has 0 bridgehead atoms. The Morgan fingerprint density at radius 2 is 2.00 bits per heavy atom. The molecule has 0 aromatic heterocycles. The third-order valence-corrected chi connectivity index (χ3v) is 3.31. The Kier molecular flexibility index (Phi) is 6.01. The largest absolute Gasteiger partial charge is 0.374 e. The van der Waals surface area contributed by atoms with Crippen LogP contribution >= 0.6 is 0 Å². The van der Waals surface area contributed by atoms with Gasteiger partial charge < -0.3 is 5.32 Å². The van der Waals surface area contributed by atoms with E-state index in [-0.39, 0.29) is 11.6 Å². The van der Waals surface area contributed by atoms with E-state index in [1.807, 2.05) is 37.3 Å². The zero-order valence-electron chi connectivity index (χ0n) is 13.2. The molecule has 0 heterocycles. The predicted octanol–water partition coefficient (Wildman–Crippen LogP) is 2.94. The molecule has 1 atom stereocenters. The molecular weight excluding hydrogens is 308 g/mol. The van der Waals surface area contributed by atoms with Crippen molar-refractivity contribution in [2.45, 2.75) is 19.4 Å². The lowest BCUT2D eigenvalue weighted by Gasteiger charge is -2.16. The number of non-ortho nitro benzene ring substituents is 1. The van der Waals surface area contributed by atoms with E-state index >= 15 is 0 Å². The van der Waals surface area contributed by atoms with E-state index in [1.54, 1.807) is 12.1 Å². The number of hydrogen-bond donors (Lipinski definition) is 2. The van der Waals surface area contributed by atoms with Gasteiger partial charge >= 0.3 is 0 Å². The number of hydrazone groups is 1. The molecular formula is C17H18N4O3. The van der Waals surface area contributed by atoms with Crippen LogP contribution in [0.1, 0.15) is 18.9 Å². The molecule has 124 valence electrons. The summed E-state index contributed by atoms with van der Waals surface area (Å²) in [7, 11) is 0. The van der Waals surface area contributed by atoms with Crippen molar-refractivity contribution in [3.63, 3.8) is 0 Å². The van der Waals surface area contributed by atoms with Crippen molar-refractivity contribution >= 4 is 23.5 Å². The first kappa shape index (κ1) is 17.1. The molecule has 0 spiro atoms. The molecule has 2 aromatic carbocycles. The fourth-order valence-electron chi connectivity index (χ4n) is 2.06. The minimum absolute atomic E-state index is 0.0255. The van der Waals surface area contributed by atoms with Crippen LogP contribution in [0.4, 0.5) is 11.4 Å². The van der Waals surface area contributed by atoms with E-state index in [0.717, 1.165) is 5.69 Å². The van der Waals surface area contributed by atoms with Gasteiger partial charge in [-0.3, -0.25) is 14.9 Å². The Morgan fingerprint density at radius 1 is 1.25 bits per heavy atom. The molecule has 1 amide bonds. The lowest BCUT2D eigenvalue weighted by atomic mass is 10.2. The van der Waals surface area contributed by atoms with E-state index in [2.05, 4.69) is 15.8 Å². The van der Waals surface area contributed by atoms with E-state index < -0.39 is 11.0 Å². The highest BCUT2D eigenvalue weighted by Crippen LogP contribution is 2.11. The number of para-hydroxylation sites is 1. The molecule has 24 heavy (non-hydrogen) atoms. The summed E-state index contributed by atoms with van der Waals surface area (Å²) in [4.78, 5) is 22.4. The van der Waals surface area contributed by atoms with Crippen LogP contribution in [0.15, 0.2) is 59.7 Å². The third-order valence-electron chi connectivity index (χ3n) is 3.31. The summed E-state index contributed by atoms with van der Waals surface area (Å²) in [5.74, 6) is -0.275. The van der Waals surface area contributed by atoms with Gasteiger partial charge in [0.1, 0.15) is 6.04 Å². The van der Waals surface area contributed by atoms with Crippen molar-refractivity contribution in [2.24, 2.45) is 5.10 Å². The van der Waals surface area contributed by atoms with Gasteiger partial charge in [-0.25, -0.2) is 5.43 Å². The van der Waals surface area contributed by atoms with Gasteiger partial charge in [-0.1, -0.05) is 37.3 Å².